The quantitative estimate of drug-likeness (QED) is 0.854. The number of aryl methyl sites for hydroxylation is 1. The molecule has 2 atom stereocenters. The van der Waals surface area contributed by atoms with Gasteiger partial charge in [0.1, 0.15) is 0 Å². The number of rotatable bonds is 4. The molecule has 0 saturated carbocycles. The molecule has 0 aliphatic carbocycles. The molecule has 0 radical (unpaired) electrons. The lowest BCUT2D eigenvalue weighted by Crippen LogP contribution is -2.33. The van der Waals surface area contributed by atoms with Crippen molar-refractivity contribution in [3.8, 4) is 0 Å². The molecule has 17 heavy (non-hydrogen) atoms. The molecule has 5 nitrogen and oxygen atoms in total. The molecular formula is C12H19N3O2. The maximum absolute atomic E-state index is 11.0. The highest BCUT2D eigenvalue weighted by Crippen LogP contribution is 2.25. The predicted octanol–water partition coefficient (Wildman–Crippen LogP) is 1.20. The van der Waals surface area contributed by atoms with Gasteiger partial charge in [-0.1, -0.05) is 0 Å². The van der Waals surface area contributed by atoms with E-state index in [0.717, 1.165) is 31.7 Å². The Balaban J connectivity index is 2.03. The summed E-state index contributed by atoms with van der Waals surface area (Å²) in [7, 11) is 0. The summed E-state index contributed by atoms with van der Waals surface area (Å²) in [4.78, 5) is 13.3. The van der Waals surface area contributed by atoms with E-state index in [4.69, 9.17) is 5.11 Å². The fraction of sp³-hybridized carbons (Fsp3) is 0.667. The van der Waals surface area contributed by atoms with Crippen molar-refractivity contribution in [1.29, 1.82) is 0 Å². The van der Waals surface area contributed by atoms with Crippen LogP contribution >= 0.6 is 0 Å². The Hall–Kier alpha value is -1.36. The van der Waals surface area contributed by atoms with Crippen molar-refractivity contribution in [2.45, 2.75) is 39.4 Å². The zero-order valence-corrected chi connectivity index (χ0v) is 10.3. The maximum Gasteiger partial charge on any atom is 0.308 e. The van der Waals surface area contributed by atoms with Crippen molar-refractivity contribution in [3.05, 3.63) is 18.0 Å². The Bertz CT molecular complexity index is 402. The minimum atomic E-state index is -0.677. The van der Waals surface area contributed by atoms with E-state index in [1.807, 2.05) is 17.7 Å². The average Bonchev–Trinajstić information content (AvgIpc) is 2.87. The number of carboxylic acid groups (broad SMARTS) is 1. The third-order valence-electron chi connectivity index (χ3n) is 3.67. The van der Waals surface area contributed by atoms with Gasteiger partial charge in [-0.05, 0) is 32.9 Å². The normalized spacial score (nSPS) is 25.3. The molecule has 0 aromatic carbocycles. The first-order valence-electron chi connectivity index (χ1n) is 6.11. The van der Waals surface area contributed by atoms with Crippen LogP contribution in [0.5, 0.6) is 0 Å². The Morgan fingerprint density at radius 1 is 1.65 bits per heavy atom. The Morgan fingerprint density at radius 2 is 2.41 bits per heavy atom. The highest BCUT2D eigenvalue weighted by Gasteiger charge is 2.35. The van der Waals surface area contributed by atoms with Crippen LogP contribution in [0.4, 0.5) is 0 Å². The minimum Gasteiger partial charge on any atom is -0.481 e. The van der Waals surface area contributed by atoms with Crippen LogP contribution in [0.1, 0.15) is 26.0 Å². The number of nitrogens with zero attached hydrogens (tertiary/aromatic N) is 3. The van der Waals surface area contributed by atoms with Gasteiger partial charge < -0.3 is 5.11 Å². The second-order valence-electron chi connectivity index (χ2n) is 4.58. The molecule has 94 valence electrons. The summed E-state index contributed by atoms with van der Waals surface area (Å²) in [5, 5.41) is 13.3. The molecule has 2 rings (SSSR count). The first kappa shape index (κ1) is 12.1. The highest BCUT2D eigenvalue weighted by molar-refractivity contribution is 5.71. The number of aliphatic carboxylic acids is 1. The van der Waals surface area contributed by atoms with Crippen molar-refractivity contribution in [1.82, 2.24) is 14.7 Å². The molecule has 1 fully saturated rings. The van der Waals surface area contributed by atoms with Gasteiger partial charge in [-0.25, -0.2) is 0 Å². The zero-order chi connectivity index (χ0) is 12.4. The molecule has 1 aromatic heterocycles. The van der Waals surface area contributed by atoms with Crippen molar-refractivity contribution in [2.75, 3.05) is 6.54 Å². The summed E-state index contributed by atoms with van der Waals surface area (Å²) in [6, 6.07) is 2.11. The number of hydrogen-bond acceptors (Lipinski definition) is 3. The van der Waals surface area contributed by atoms with Crippen molar-refractivity contribution in [3.63, 3.8) is 0 Å². The molecule has 0 bridgehead atoms. The Kier molecular flexibility index (Phi) is 3.47. The van der Waals surface area contributed by atoms with Crippen molar-refractivity contribution < 1.29 is 9.90 Å². The van der Waals surface area contributed by atoms with E-state index in [9.17, 15) is 4.79 Å². The van der Waals surface area contributed by atoms with Crippen molar-refractivity contribution >= 4 is 5.97 Å². The van der Waals surface area contributed by atoms with E-state index in [1.165, 1.54) is 0 Å². The molecular weight excluding hydrogens is 218 g/mol. The minimum absolute atomic E-state index is 0.104. The van der Waals surface area contributed by atoms with Crippen LogP contribution in [0.2, 0.25) is 0 Å². The number of likely N-dealkylation sites (tertiary alicyclic amines) is 1. The van der Waals surface area contributed by atoms with Crippen molar-refractivity contribution in [2.24, 2.45) is 5.92 Å². The molecule has 1 aliphatic rings. The monoisotopic (exact) mass is 237 g/mol. The van der Waals surface area contributed by atoms with Gasteiger partial charge in [-0.3, -0.25) is 14.4 Å². The SMILES string of the molecule is CCn1nccc1CN1CCC(C(=O)O)C1C. The van der Waals surface area contributed by atoms with E-state index in [-0.39, 0.29) is 12.0 Å². The predicted molar refractivity (Wildman–Crippen MR) is 63.5 cm³/mol. The summed E-state index contributed by atoms with van der Waals surface area (Å²) < 4.78 is 1.96. The van der Waals surface area contributed by atoms with Crippen LogP contribution in [-0.4, -0.2) is 38.3 Å². The van der Waals surface area contributed by atoms with Gasteiger partial charge in [0.25, 0.3) is 0 Å². The van der Waals surface area contributed by atoms with Gasteiger partial charge >= 0.3 is 5.97 Å². The molecule has 1 saturated heterocycles. The summed E-state index contributed by atoms with van der Waals surface area (Å²) in [5.41, 5.74) is 1.16. The van der Waals surface area contributed by atoms with Gasteiger partial charge in [0.2, 0.25) is 0 Å². The molecule has 5 heteroatoms. The average molecular weight is 237 g/mol. The smallest absolute Gasteiger partial charge is 0.308 e. The number of carbonyl (C=O) groups is 1. The summed E-state index contributed by atoms with van der Waals surface area (Å²) >= 11 is 0. The van der Waals surface area contributed by atoms with Crippen LogP contribution in [-0.2, 0) is 17.9 Å². The molecule has 0 amide bonds. The van der Waals surface area contributed by atoms with Gasteiger partial charge in [-0.15, -0.1) is 0 Å². The first-order valence-corrected chi connectivity index (χ1v) is 6.11. The van der Waals surface area contributed by atoms with E-state index < -0.39 is 5.97 Å². The van der Waals surface area contributed by atoms with E-state index in [1.54, 1.807) is 6.20 Å². The third kappa shape index (κ3) is 2.34. The molecule has 2 heterocycles. The lowest BCUT2D eigenvalue weighted by Gasteiger charge is -2.23. The second-order valence-corrected chi connectivity index (χ2v) is 4.58. The zero-order valence-electron chi connectivity index (χ0n) is 10.3. The van der Waals surface area contributed by atoms with Crippen LogP contribution in [0.15, 0.2) is 12.3 Å². The lowest BCUT2D eigenvalue weighted by molar-refractivity contribution is -0.142. The van der Waals surface area contributed by atoms with E-state index in [0.29, 0.717) is 0 Å². The van der Waals surface area contributed by atoms with Crippen LogP contribution in [0, 0.1) is 5.92 Å². The van der Waals surface area contributed by atoms with E-state index >= 15 is 0 Å². The lowest BCUT2D eigenvalue weighted by atomic mass is 10.0. The summed E-state index contributed by atoms with van der Waals surface area (Å²) in [5.74, 6) is -0.906. The van der Waals surface area contributed by atoms with Gasteiger partial charge in [0.15, 0.2) is 0 Å². The Labute approximate surface area is 101 Å². The molecule has 1 aromatic rings. The summed E-state index contributed by atoms with van der Waals surface area (Å²) in [6.45, 7) is 6.56. The van der Waals surface area contributed by atoms with Gasteiger partial charge in [0.05, 0.1) is 11.6 Å². The third-order valence-corrected chi connectivity index (χ3v) is 3.67. The fourth-order valence-corrected chi connectivity index (χ4v) is 2.54. The largest absolute Gasteiger partial charge is 0.481 e. The number of carboxylic acids is 1. The van der Waals surface area contributed by atoms with Crippen LogP contribution < -0.4 is 0 Å². The number of aromatic nitrogens is 2. The molecule has 2 unspecified atom stereocenters. The highest BCUT2D eigenvalue weighted by atomic mass is 16.4. The molecule has 1 aliphatic heterocycles. The second kappa shape index (κ2) is 4.87. The molecule has 0 spiro atoms. The standard InChI is InChI=1S/C12H19N3O2/c1-3-15-10(4-6-13-15)8-14-7-5-11(9(14)2)12(16)17/h4,6,9,11H,3,5,7-8H2,1-2H3,(H,16,17). The Morgan fingerprint density at radius 3 is 3.00 bits per heavy atom. The van der Waals surface area contributed by atoms with Gasteiger partial charge in [0, 0.05) is 25.3 Å². The topological polar surface area (TPSA) is 58.4 Å². The van der Waals surface area contributed by atoms with Crippen LogP contribution in [0.25, 0.3) is 0 Å². The van der Waals surface area contributed by atoms with E-state index in [2.05, 4.69) is 16.9 Å². The molecule has 1 N–H and O–H groups in total. The van der Waals surface area contributed by atoms with Crippen LogP contribution in [0.3, 0.4) is 0 Å². The fourth-order valence-electron chi connectivity index (χ4n) is 2.54. The summed E-state index contributed by atoms with van der Waals surface area (Å²) in [6.07, 6.45) is 2.55. The number of hydrogen-bond donors (Lipinski definition) is 1. The maximum atomic E-state index is 11.0. The first-order chi connectivity index (χ1) is 8.13. The van der Waals surface area contributed by atoms with Gasteiger partial charge in [-0.2, -0.15) is 5.10 Å².